The smallest absolute Gasteiger partial charge is 0.189 e. The maximum Gasteiger partial charge on any atom is 0.189 e. The molecular formula is C12H19NO2. The molecule has 2 N–H and O–H groups in total. The second-order valence-electron chi connectivity index (χ2n) is 3.31. The summed E-state index contributed by atoms with van der Waals surface area (Å²) in [4.78, 5) is 0. The van der Waals surface area contributed by atoms with Crippen LogP contribution in [0.2, 0.25) is 0 Å². The van der Waals surface area contributed by atoms with E-state index in [1.807, 2.05) is 31.2 Å². The van der Waals surface area contributed by atoms with Crippen LogP contribution in [0.15, 0.2) is 24.3 Å². The SMILES string of the molecule is CCOCOc1ccccc1[C@@H](N)CC. The van der Waals surface area contributed by atoms with Crippen LogP contribution in [0.4, 0.5) is 0 Å². The molecule has 84 valence electrons. The van der Waals surface area contributed by atoms with Gasteiger partial charge in [0.05, 0.1) is 0 Å². The Hall–Kier alpha value is -1.06. The van der Waals surface area contributed by atoms with Crippen molar-refractivity contribution in [1.82, 2.24) is 0 Å². The average molecular weight is 209 g/mol. The van der Waals surface area contributed by atoms with Gasteiger partial charge in [-0.25, -0.2) is 0 Å². The van der Waals surface area contributed by atoms with E-state index in [-0.39, 0.29) is 12.8 Å². The van der Waals surface area contributed by atoms with Crippen LogP contribution in [-0.2, 0) is 4.74 Å². The van der Waals surface area contributed by atoms with Crippen molar-refractivity contribution in [3.8, 4) is 5.75 Å². The molecule has 0 radical (unpaired) electrons. The summed E-state index contributed by atoms with van der Waals surface area (Å²) in [6, 6.07) is 7.85. The van der Waals surface area contributed by atoms with Crippen molar-refractivity contribution in [3.05, 3.63) is 29.8 Å². The molecule has 1 rings (SSSR count). The summed E-state index contributed by atoms with van der Waals surface area (Å²) in [5.41, 5.74) is 7.02. The molecule has 0 saturated heterocycles. The largest absolute Gasteiger partial charge is 0.467 e. The molecule has 3 nitrogen and oxygen atoms in total. The number of rotatable bonds is 6. The molecule has 1 aromatic carbocycles. The second kappa shape index (κ2) is 6.43. The monoisotopic (exact) mass is 209 g/mol. The van der Waals surface area contributed by atoms with Gasteiger partial charge in [0.1, 0.15) is 5.75 Å². The molecule has 0 aliphatic heterocycles. The average Bonchev–Trinajstić information content (AvgIpc) is 2.29. The third-order valence-corrected chi connectivity index (χ3v) is 2.26. The van der Waals surface area contributed by atoms with E-state index in [0.717, 1.165) is 17.7 Å². The molecule has 0 aliphatic rings. The van der Waals surface area contributed by atoms with Crippen LogP contribution in [0.1, 0.15) is 31.9 Å². The third-order valence-electron chi connectivity index (χ3n) is 2.26. The Kier molecular flexibility index (Phi) is 5.15. The van der Waals surface area contributed by atoms with E-state index in [0.29, 0.717) is 6.61 Å². The van der Waals surface area contributed by atoms with Crippen molar-refractivity contribution >= 4 is 0 Å². The van der Waals surface area contributed by atoms with Crippen LogP contribution < -0.4 is 10.5 Å². The number of nitrogens with two attached hydrogens (primary N) is 1. The van der Waals surface area contributed by atoms with Gasteiger partial charge in [-0.1, -0.05) is 25.1 Å². The zero-order chi connectivity index (χ0) is 11.1. The van der Waals surface area contributed by atoms with Crippen LogP contribution in [0.25, 0.3) is 0 Å². The maximum atomic E-state index is 5.98. The molecule has 0 saturated carbocycles. The lowest BCUT2D eigenvalue weighted by Crippen LogP contribution is -2.12. The van der Waals surface area contributed by atoms with Crippen molar-refractivity contribution in [3.63, 3.8) is 0 Å². The Balaban J connectivity index is 2.68. The zero-order valence-electron chi connectivity index (χ0n) is 9.40. The minimum Gasteiger partial charge on any atom is -0.467 e. The molecule has 0 amide bonds. The summed E-state index contributed by atoms with van der Waals surface area (Å²) >= 11 is 0. The Morgan fingerprint density at radius 3 is 2.67 bits per heavy atom. The van der Waals surface area contributed by atoms with Crippen molar-refractivity contribution < 1.29 is 9.47 Å². The number of para-hydroxylation sites is 1. The zero-order valence-corrected chi connectivity index (χ0v) is 9.40. The van der Waals surface area contributed by atoms with Crippen molar-refractivity contribution in [2.24, 2.45) is 5.73 Å². The van der Waals surface area contributed by atoms with Gasteiger partial charge in [0.2, 0.25) is 0 Å². The number of benzene rings is 1. The van der Waals surface area contributed by atoms with Gasteiger partial charge < -0.3 is 15.2 Å². The van der Waals surface area contributed by atoms with Gasteiger partial charge in [-0.05, 0) is 19.4 Å². The Labute approximate surface area is 91.2 Å². The fraction of sp³-hybridized carbons (Fsp3) is 0.500. The highest BCUT2D eigenvalue weighted by atomic mass is 16.7. The molecule has 0 aromatic heterocycles. The van der Waals surface area contributed by atoms with Crippen LogP contribution in [-0.4, -0.2) is 13.4 Å². The van der Waals surface area contributed by atoms with Gasteiger partial charge in [0, 0.05) is 18.2 Å². The molecule has 0 bridgehead atoms. The second-order valence-corrected chi connectivity index (χ2v) is 3.31. The van der Waals surface area contributed by atoms with E-state index in [1.54, 1.807) is 0 Å². The molecule has 15 heavy (non-hydrogen) atoms. The van der Waals surface area contributed by atoms with Crippen LogP contribution in [0.3, 0.4) is 0 Å². The highest BCUT2D eigenvalue weighted by molar-refractivity contribution is 5.35. The van der Waals surface area contributed by atoms with Crippen molar-refractivity contribution in [1.29, 1.82) is 0 Å². The Morgan fingerprint density at radius 2 is 2.00 bits per heavy atom. The molecule has 0 fully saturated rings. The van der Waals surface area contributed by atoms with E-state index < -0.39 is 0 Å². The van der Waals surface area contributed by atoms with Gasteiger partial charge >= 0.3 is 0 Å². The minimum absolute atomic E-state index is 0.0304. The van der Waals surface area contributed by atoms with Gasteiger partial charge in [0.25, 0.3) is 0 Å². The molecule has 1 aromatic rings. The molecule has 0 aliphatic carbocycles. The predicted octanol–water partition coefficient (Wildman–Crippen LogP) is 2.47. The quantitative estimate of drug-likeness (QED) is 0.578. The topological polar surface area (TPSA) is 44.5 Å². The summed E-state index contributed by atoms with van der Waals surface area (Å²) in [5, 5.41) is 0. The molecule has 3 heteroatoms. The summed E-state index contributed by atoms with van der Waals surface area (Å²) in [6.45, 7) is 4.93. The fourth-order valence-electron chi connectivity index (χ4n) is 1.33. The lowest BCUT2D eigenvalue weighted by molar-refractivity contribution is 0.0216. The van der Waals surface area contributed by atoms with Crippen molar-refractivity contribution in [2.45, 2.75) is 26.3 Å². The molecule has 0 heterocycles. The predicted molar refractivity (Wildman–Crippen MR) is 60.8 cm³/mol. The number of hydrogen-bond donors (Lipinski definition) is 1. The lowest BCUT2D eigenvalue weighted by atomic mass is 10.0. The van der Waals surface area contributed by atoms with E-state index in [1.165, 1.54) is 0 Å². The highest BCUT2D eigenvalue weighted by Gasteiger charge is 2.09. The van der Waals surface area contributed by atoms with Gasteiger partial charge in [-0.15, -0.1) is 0 Å². The first kappa shape index (κ1) is 12.0. The van der Waals surface area contributed by atoms with Crippen LogP contribution in [0.5, 0.6) is 5.75 Å². The fourth-order valence-corrected chi connectivity index (χ4v) is 1.33. The van der Waals surface area contributed by atoms with E-state index in [2.05, 4.69) is 6.92 Å². The first-order valence-electron chi connectivity index (χ1n) is 5.34. The van der Waals surface area contributed by atoms with Crippen LogP contribution in [0, 0.1) is 0 Å². The summed E-state index contributed by atoms with van der Waals surface area (Å²) in [7, 11) is 0. The summed E-state index contributed by atoms with van der Waals surface area (Å²) in [5.74, 6) is 0.820. The number of hydrogen-bond acceptors (Lipinski definition) is 3. The Bertz CT molecular complexity index is 289. The molecular weight excluding hydrogens is 190 g/mol. The van der Waals surface area contributed by atoms with Gasteiger partial charge in [0.15, 0.2) is 6.79 Å². The highest BCUT2D eigenvalue weighted by Crippen LogP contribution is 2.25. The maximum absolute atomic E-state index is 5.98. The lowest BCUT2D eigenvalue weighted by Gasteiger charge is -2.15. The normalized spacial score (nSPS) is 12.5. The van der Waals surface area contributed by atoms with Gasteiger partial charge in [-0.2, -0.15) is 0 Å². The van der Waals surface area contributed by atoms with E-state index >= 15 is 0 Å². The summed E-state index contributed by atoms with van der Waals surface area (Å²) < 4.78 is 10.6. The Morgan fingerprint density at radius 1 is 1.27 bits per heavy atom. The third kappa shape index (κ3) is 3.53. The van der Waals surface area contributed by atoms with E-state index in [4.69, 9.17) is 15.2 Å². The molecule has 1 atom stereocenters. The molecule has 0 unspecified atom stereocenters. The summed E-state index contributed by atoms with van der Waals surface area (Å²) in [6.07, 6.45) is 0.898. The van der Waals surface area contributed by atoms with Crippen molar-refractivity contribution in [2.75, 3.05) is 13.4 Å². The standard InChI is InChI=1S/C12H19NO2/c1-3-11(13)10-7-5-6-8-12(10)15-9-14-4-2/h5-8,11H,3-4,9,13H2,1-2H3/t11-/m0/s1. The molecule has 0 spiro atoms. The van der Waals surface area contributed by atoms with E-state index in [9.17, 15) is 0 Å². The number of ether oxygens (including phenoxy) is 2. The first-order chi connectivity index (χ1) is 7.29. The van der Waals surface area contributed by atoms with Gasteiger partial charge in [-0.3, -0.25) is 0 Å². The first-order valence-corrected chi connectivity index (χ1v) is 5.34. The van der Waals surface area contributed by atoms with Crippen LogP contribution >= 0.6 is 0 Å². The minimum atomic E-state index is 0.0304.